The van der Waals surface area contributed by atoms with Crippen molar-refractivity contribution in [2.45, 2.75) is 56.4 Å². The average Bonchev–Trinajstić information content (AvgIpc) is 2.63. The molecule has 8 nitrogen and oxygen atoms in total. The molecule has 1 aliphatic rings. The fourth-order valence-electron chi connectivity index (χ4n) is 2.98. The van der Waals surface area contributed by atoms with E-state index >= 15 is 0 Å². The summed E-state index contributed by atoms with van der Waals surface area (Å²) in [6.07, 6.45) is -1.00. The number of aliphatic hydroxyl groups is 1. The molecule has 160 valence electrons. The molecule has 0 aliphatic carbocycles. The number of hydrogen-bond donors (Lipinski definition) is 1. The van der Waals surface area contributed by atoms with E-state index in [1.54, 1.807) is 27.7 Å². The summed E-state index contributed by atoms with van der Waals surface area (Å²) in [6.45, 7) is 6.61. The first-order valence-corrected chi connectivity index (χ1v) is 10.6. The number of hydrogen-bond acceptors (Lipinski definition) is 7. The molecule has 0 aromatic heterocycles. The molecule has 0 radical (unpaired) electrons. The van der Waals surface area contributed by atoms with Gasteiger partial charge in [0, 0.05) is 6.54 Å². The Morgan fingerprint density at radius 3 is 2.48 bits per heavy atom. The van der Waals surface area contributed by atoms with Gasteiger partial charge in [0.05, 0.1) is 24.2 Å². The topological polar surface area (TPSA) is 102 Å². The number of benzene rings is 1. The van der Waals surface area contributed by atoms with Gasteiger partial charge in [-0.2, -0.15) is 4.31 Å². The molecular formula is C20H27NO7S. The SMILES string of the molecule is COC(=O)[C@H]1[C@H](C)O[C@@H](C)CN1S(=O)(=O)c1ccc(OCC#CC(C)(C)O)cc1. The zero-order valence-electron chi connectivity index (χ0n) is 17.2. The summed E-state index contributed by atoms with van der Waals surface area (Å²) < 4.78 is 43.3. The molecule has 1 saturated heterocycles. The van der Waals surface area contributed by atoms with Crippen molar-refractivity contribution in [2.24, 2.45) is 0 Å². The second kappa shape index (κ2) is 9.13. The van der Waals surface area contributed by atoms with Crippen molar-refractivity contribution in [1.29, 1.82) is 0 Å². The van der Waals surface area contributed by atoms with E-state index in [1.807, 2.05) is 0 Å². The predicted molar refractivity (Wildman–Crippen MR) is 106 cm³/mol. The summed E-state index contributed by atoms with van der Waals surface area (Å²) in [6, 6.07) is 4.78. The predicted octanol–water partition coefficient (Wildman–Crippen LogP) is 1.18. The summed E-state index contributed by atoms with van der Waals surface area (Å²) in [5, 5.41) is 9.54. The molecule has 0 spiro atoms. The van der Waals surface area contributed by atoms with Crippen molar-refractivity contribution in [3.63, 3.8) is 0 Å². The van der Waals surface area contributed by atoms with Crippen LogP contribution in [0.15, 0.2) is 29.2 Å². The van der Waals surface area contributed by atoms with Gasteiger partial charge in [-0.1, -0.05) is 11.8 Å². The molecule has 9 heteroatoms. The quantitative estimate of drug-likeness (QED) is 0.558. The highest BCUT2D eigenvalue weighted by atomic mass is 32.2. The van der Waals surface area contributed by atoms with Gasteiger partial charge in [0.15, 0.2) is 0 Å². The monoisotopic (exact) mass is 425 g/mol. The summed E-state index contributed by atoms with van der Waals surface area (Å²) in [4.78, 5) is 12.2. The number of methoxy groups -OCH3 is 1. The molecule has 1 fully saturated rings. The largest absolute Gasteiger partial charge is 0.481 e. The summed E-state index contributed by atoms with van der Waals surface area (Å²) in [5.41, 5.74) is -1.11. The number of esters is 1. The van der Waals surface area contributed by atoms with E-state index in [2.05, 4.69) is 11.8 Å². The Balaban J connectivity index is 2.20. The summed E-state index contributed by atoms with van der Waals surface area (Å²) >= 11 is 0. The Morgan fingerprint density at radius 2 is 1.93 bits per heavy atom. The third kappa shape index (κ3) is 5.93. The van der Waals surface area contributed by atoms with Crippen LogP contribution in [-0.4, -0.2) is 67.9 Å². The third-order valence-corrected chi connectivity index (χ3v) is 6.08. The van der Waals surface area contributed by atoms with E-state index in [0.29, 0.717) is 5.75 Å². The molecule has 1 N–H and O–H groups in total. The lowest BCUT2D eigenvalue weighted by atomic mass is 10.1. The Kier molecular flexibility index (Phi) is 7.30. The standard InChI is InChI=1S/C20H27NO7S/c1-14-13-21(18(15(2)28-14)19(22)26-5)29(24,25)17-9-7-16(8-10-17)27-12-6-11-20(3,4)23/h7-10,14-15,18,23H,12-13H2,1-5H3/t14-,15-,18+/m0/s1. The highest BCUT2D eigenvalue weighted by Crippen LogP contribution is 2.27. The molecule has 1 aromatic carbocycles. The lowest BCUT2D eigenvalue weighted by Crippen LogP contribution is -2.58. The van der Waals surface area contributed by atoms with E-state index in [-0.39, 0.29) is 24.2 Å². The second-order valence-corrected chi connectivity index (χ2v) is 9.21. The van der Waals surface area contributed by atoms with Gasteiger partial charge in [-0.3, -0.25) is 4.79 Å². The van der Waals surface area contributed by atoms with Crippen LogP contribution in [0, 0.1) is 11.8 Å². The highest BCUT2D eigenvalue weighted by Gasteiger charge is 2.45. The Labute approximate surface area is 171 Å². The van der Waals surface area contributed by atoms with E-state index in [4.69, 9.17) is 14.2 Å². The van der Waals surface area contributed by atoms with E-state index in [0.717, 1.165) is 4.31 Å². The zero-order valence-corrected chi connectivity index (χ0v) is 18.0. The van der Waals surface area contributed by atoms with E-state index in [9.17, 15) is 18.3 Å². The summed E-state index contributed by atoms with van der Waals surface area (Å²) in [5.74, 6) is 5.08. The molecule has 0 unspecified atom stereocenters. The maximum absolute atomic E-state index is 13.2. The van der Waals surface area contributed by atoms with Crippen LogP contribution in [-0.2, 0) is 24.3 Å². The van der Waals surface area contributed by atoms with E-state index in [1.165, 1.54) is 31.4 Å². The minimum absolute atomic E-state index is 0.0302. The molecule has 0 bridgehead atoms. The Hall–Kier alpha value is -2.12. The van der Waals surface area contributed by atoms with Crippen molar-refractivity contribution in [3.05, 3.63) is 24.3 Å². The van der Waals surface area contributed by atoms with Crippen LogP contribution in [0.4, 0.5) is 0 Å². The zero-order chi connectivity index (χ0) is 21.8. The van der Waals surface area contributed by atoms with Crippen LogP contribution >= 0.6 is 0 Å². The average molecular weight is 426 g/mol. The Morgan fingerprint density at radius 1 is 1.31 bits per heavy atom. The first kappa shape index (κ1) is 23.2. The van der Waals surface area contributed by atoms with Gasteiger partial charge in [0.25, 0.3) is 0 Å². The number of ether oxygens (including phenoxy) is 3. The fourth-order valence-corrected chi connectivity index (χ4v) is 4.69. The third-order valence-electron chi connectivity index (χ3n) is 4.22. The highest BCUT2D eigenvalue weighted by molar-refractivity contribution is 7.89. The summed E-state index contributed by atoms with van der Waals surface area (Å²) in [7, 11) is -2.74. The van der Waals surface area contributed by atoms with Crippen LogP contribution in [0.2, 0.25) is 0 Å². The molecule has 1 aromatic rings. The number of carbonyl (C=O) groups is 1. The number of morpholine rings is 1. The number of sulfonamides is 1. The van der Waals surface area contributed by atoms with Crippen LogP contribution in [0.5, 0.6) is 5.75 Å². The minimum atomic E-state index is -3.96. The van der Waals surface area contributed by atoms with Crippen molar-refractivity contribution in [2.75, 3.05) is 20.3 Å². The van der Waals surface area contributed by atoms with Crippen molar-refractivity contribution < 1.29 is 32.5 Å². The molecule has 1 aliphatic heterocycles. The van der Waals surface area contributed by atoms with Crippen LogP contribution in [0.25, 0.3) is 0 Å². The molecule has 0 amide bonds. The van der Waals surface area contributed by atoms with Crippen LogP contribution in [0.1, 0.15) is 27.7 Å². The van der Waals surface area contributed by atoms with Gasteiger partial charge < -0.3 is 19.3 Å². The first-order chi connectivity index (χ1) is 13.5. The van der Waals surface area contributed by atoms with Gasteiger partial charge in [-0.05, 0) is 52.0 Å². The molecule has 0 saturated carbocycles. The number of rotatable bonds is 5. The molecule has 3 atom stereocenters. The normalized spacial score (nSPS) is 23.0. The van der Waals surface area contributed by atoms with Crippen molar-refractivity contribution in [1.82, 2.24) is 4.31 Å². The maximum Gasteiger partial charge on any atom is 0.326 e. The molecular weight excluding hydrogens is 398 g/mol. The Bertz CT molecular complexity index is 878. The maximum atomic E-state index is 13.2. The smallest absolute Gasteiger partial charge is 0.326 e. The van der Waals surface area contributed by atoms with Crippen molar-refractivity contribution in [3.8, 4) is 17.6 Å². The number of nitrogens with zero attached hydrogens (tertiary/aromatic N) is 1. The van der Waals surface area contributed by atoms with Crippen LogP contribution in [0.3, 0.4) is 0 Å². The van der Waals surface area contributed by atoms with Gasteiger partial charge in [0.1, 0.15) is 24.0 Å². The van der Waals surface area contributed by atoms with Crippen molar-refractivity contribution >= 4 is 16.0 Å². The molecule has 29 heavy (non-hydrogen) atoms. The van der Waals surface area contributed by atoms with Gasteiger partial charge in [-0.15, -0.1) is 0 Å². The van der Waals surface area contributed by atoms with Gasteiger partial charge in [0.2, 0.25) is 10.0 Å². The number of carbonyl (C=O) groups excluding carboxylic acids is 1. The lowest BCUT2D eigenvalue weighted by molar-refractivity contribution is -0.158. The fraction of sp³-hybridized carbons (Fsp3) is 0.550. The lowest BCUT2D eigenvalue weighted by Gasteiger charge is -2.39. The van der Waals surface area contributed by atoms with Gasteiger partial charge in [-0.25, -0.2) is 8.42 Å². The minimum Gasteiger partial charge on any atom is -0.481 e. The van der Waals surface area contributed by atoms with Crippen LogP contribution < -0.4 is 4.74 Å². The van der Waals surface area contributed by atoms with Gasteiger partial charge >= 0.3 is 5.97 Å². The van der Waals surface area contributed by atoms with E-state index < -0.39 is 33.7 Å². The second-order valence-electron chi connectivity index (χ2n) is 7.32. The first-order valence-electron chi connectivity index (χ1n) is 9.16. The molecule has 1 heterocycles. The molecule has 2 rings (SSSR count).